The van der Waals surface area contributed by atoms with Crippen LogP contribution in [0.25, 0.3) is 11.1 Å². The lowest BCUT2D eigenvalue weighted by Crippen LogP contribution is -2.53. The summed E-state index contributed by atoms with van der Waals surface area (Å²) in [6.07, 6.45) is 0. The third-order valence-electron chi connectivity index (χ3n) is 4.77. The summed E-state index contributed by atoms with van der Waals surface area (Å²) in [4.78, 5) is 27.4. The monoisotopic (exact) mass is 366 g/mol. The molecule has 3 rings (SSSR count). The maximum absolute atomic E-state index is 12.9. The van der Waals surface area contributed by atoms with E-state index in [-0.39, 0.29) is 17.7 Å². The van der Waals surface area contributed by atoms with Crippen molar-refractivity contribution in [2.24, 2.45) is 5.92 Å². The van der Waals surface area contributed by atoms with Crippen LogP contribution in [-0.2, 0) is 9.53 Å². The molecule has 0 saturated carbocycles. The lowest BCUT2D eigenvalue weighted by Gasteiger charge is -2.32. The Morgan fingerprint density at radius 1 is 0.963 bits per heavy atom. The van der Waals surface area contributed by atoms with Crippen LogP contribution in [0.15, 0.2) is 54.6 Å². The van der Waals surface area contributed by atoms with Crippen LogP contribution >= 0.6 is 0 Å². The Kier molecular flexibility index (Phi) is 6.24. The predicted molar refractivity (Wildman–Crippen MR) is 105 cm³/mol. The second-order valence-corrected chi connectivity index (χ2v) is 7.08. The molecule has 27 heavy (non-hydrogen) atoms. The molecule has 0 aliphatic carbocycles. The van der Waals surface area contributed by atoms with Gasteiger partial charge in [-0.15, -0.1) is 0 Å². The maximum atomic E-state index is 12.9. The lowest BCUT2D eigenvalue weighted by atomic mass is 10.0. The molecule has 1 aliphatic heterocycles. The van der Waals surface area contributed by atoms with Gasteiger partial charge in [-0.25, -0.2) is 0 Å². The smallest absolute Gasteiger partial charge is 0.251 e. The van der Waals surface area contributed by atoms with E-state index in [0.717, 1.165) is 11.1 Å². The van der Waals surface area contributed by atoms with Gasteiger partial charge in [-0.2, -0.15) is 0 Å². The van der Waals surface area contributed by atoms with Gasteiger partial charge in [0.15, 0.2) is 0 Å². The third kappa shape index (κ3) is 4.74. The van der Waals surface area contributed by atoms with E-state index in [2.05, 4.69) is 5.32 Å². The molecule has 0 spiro atoms. The number of hydrogen-bond acceptors (Lipinski definition) is 3. The molecule has 1 aliphatic rings. The largest absolute Gasteiger partial charge is 0.378 e. The lowest BCUT2D eigenvalue weighted by molar-refractivity contribution is -0.138. The Morgan fingerprint density at radius 2 is 1.63 bits per heavy atom. The average Bonchev–Trinajstić information content (AvgIpc) is 2.72. The molecular weight excluding hydrogens is 340 g/mol. The Bertz CT molecular complexity index is 783. The highest BCUT2D eigenvalue weighted by Gasteiger charge is 2.29. The Labute approximate surface area is 160 Å². The summed E-state index contributed by atoms with van der Waals surface area (Å²) in [5.41, 5.74) is 2.58. The van der Waals surface area contributed by atoms with Gasteiger partial charge in [0.05, 0.1) is 13.2 Å². The minimum absolute atomic E-state index is 0.00148. The summed E-state index contributed by atoms with van der Waals surface area (Å²) >= 11 is 0. The number of ether oxygens (including phenoxy) is 1. The van der Waals surface area contributed by atoms with E-state index < -0.39 is 6.04 Å². The number of rotatable bonds is 5. The van der Waals surface area contributed by atoms with Crippen LogP contribution in [0.1, 0.15) is 24.2 Å². The summed E-state index contributed by atoms with van der Waals surface area (Å²) in [5, 5.41) is 2.94. The van der Waals surface area contributed by atoms with Crippen molar-refractivity contribution in [3.63, 3.8) is 0 Å². The maximum Gasteiger partial charge on any atom is 0.251 e. The first-order valence-corrected chi connectivity index (χ1v) is 9.39. The molecule has 0 unspecified atom stereocenters. The summed E-state index contributed by atoms with van der Waals surface area (Å²) in [6, 6.07) is 16.9. The van der Waals surface area contributed by atoms with E-state index in [1.165, 1.54) is 0 Å². The fourth-order valence-corrected chi connectivity index (χ4v) is 3.19. The normalized spacial score (nSPS) is 15.4. The predicted octanol–water partition coefficient (Wildman–Crippen LogP) is 2.97. The van der Waals surface area contributed by atoms with Gasteiger partial charge in [0.25, 0.3) is 5.91 Å². The van der Waals surface area contributed by atoms with Crippen molar-refractivity contribution < 1.29 is 14.3 Å². The number of morpholine rings is 1. The molecule has 1 saturated heterocycles. The fourth-order valence-electron chi connectivity index (χ4n) is 3.19. The van der Waals surface area contributed by atoms with Crippen LogP contribution < -0.4 is 5.32 Å². The van der Waals surface area contributed by atoms with Crippen molar-refractivity contribution in [3.05, 3.63) is 60.2 Å². The first-order chi connectivity index (χ1) is 13.1. The minimum Gasteiger partial charge on any atom is -0.378 e. The molecule has 2 aromatic carbocycles. The number of hydrogen-bond donors (Lipinski definition) is 1. The number of carbonyl (C=O) groups excluding carboxylic acids is 2. The molecule has 5 heteroatoms. The molecule has 5 nitrogen and oxygen atoms in total. The molecule has 2 aromatic rings. The van der Waals surface area contributed by atoms with Crippen molar-refractivity contribution in [2.45, 2.75) is 19.9 Å². The molecule has 1 fully saturated rings. The summed E-state index contributed by atoms with van der Waals surface area (Å²) in [7, 11) is 0. The topological polar surface area (TPSA) is 58.6 Å². The van der Waals surface area contributed by atoms with Gasteiger partial charge in [0.2, 0.25) is 5.91 Å². The second kappa shape index (κ2) is 8.82. The van der Waals surface area contributed by atoms with Gasteiger partial charge >= 0.3 is 0 Å². The zero-order valence-corrected chi connectivity index (χ0v) is 15.9. The van der Waals surface area contributed by atoms with E-state index in [9.17, 15) is 9.59 Å². The molecule has 1 atom stereocenters. The van der Waals surface area contributed by atoms with Gasteiger partial charge in [-0.05, 0) is 29.2 Å². The number of nitrogens with one attached hydrogen (secondary N) is 1. The van der Waals surface area contributed by atoms with Gasteiger partial charge in [0, 0.05) is 18.7 Å². The van der Waals surface area contributed by atoms with Gasteiger partial charge in [-0.1, -0.05) is 56.3 Å². The molecule has 142 valence electrons. The van der Waals surface area contributed by atoms with Crippen molar-refractivity contribution in [3.8, 4) is 11.1 Å². The third-order valence-corrected chi connectivity index (χ3v) is 4.77. The zero-order valence-electron chi connectivity index (χ0n) is 15.9. The number of nitrogens with zero attached hydrogens (tertiary/aromatic N) is 1. The highest BCUT2D eigenvalue weighted by Crippen LogP contribution is 2.20. The van der Waals surface area contributed by atoms with Gasteiger partial charge in [0.1, 0.15) is 6.04 Å². The Hall–Kier alpha value is -2.66. The van der Waals surface area contributed by atoms with Gasteiger partial charge in [-0.3, -0.25) is 9.59 Å². The standard InChI is InChI=1S/C22H26N2O3/c1-16(2)20(22(26)24-11-13-27-14-12-24)23-21(25)19-10-6-9-18(15-19)17-7-4-3-5-8-17/h3-10,15-16,20H,11-14H2,1-2H3,(H,23,25)/t20-/m0/s1. The highest BCUT2D eigenvalue weighted by molar-refractivity contribution is 5.98. The fraction of sp³-hybridized carbons (Fsp3) is 0.364. The average molecular weight is 366 g/mol. The highest BCUT2D eigenvalue weighted by atomic mass is 16.5. The van der Waals surface area contributed by atoms with Gasteiger partial charge < -0.3 is 15.0 Å². The van der Waals surface area contributed by atoms with Crippen LogP contribution in [0.5, 0.6) is 0 Å². The number of carbonyl (C=O) groups is 2. The van der Waals surface area contributed by atoms with E-state index in [1.807, 2.05) is 62.4 Å². The van der Waals surface area contributed by atoms with Crippen LogP contribution in [0.4, 0.5) is 0 Å². The summed E-state index contributed by atoms with van der Waals surface area (Å²) in [6.45, 7) is 6.13. The first-order valence-electron chi connectivity index (χ1n) is 9.39. The second-order valence-electron chi connectivity index (χ2n) is 7.08. The van der Waals surface area contributed by atoms with Crippen molar-refractivity contribution >= 4 is 11.8 Å². The molecule has 0 bridgehead atoms. The minimum atomic E-state index is -0.545. The molecule has 1 heterocycles. The molecule has 2 amide bonds. The van der Waals surface area contributed by atoms with Crippen LogP contribution in [0.2, 0.25) is 0 Å². The number of benzene rings is 2. The van der Waals surface area contributed by atoms with Crippen LogP contribution in [0, 0.1) is 5.92 Å². The summed E-state index contributed by atoms with van der Waals surface area (Å²) < 4.78 is 5.31. The van der Waals surface area contributed by atoms with E-state index in [4.69, 9.17) is 4.74 Å². The first kappa shape index (κ1) is 19.1. The van der Waals surface area contributed by atoms with Crippen molar-refractivity contribution in [2.75, 3.05) is 26.3 Å². The summed E-state index contributed by atoms with van der Waals surface area (Å²) in [5.74, 6) is -0.268. The van der Waals surface area contributed by atoms with Crippen molar-refractivity contribution in [1.82, 2.24) is 10.2 Å². The van der Waals surface area contributed by atoms with E-state index in [1.54, 1.807) is 11.0 Å². The van der Waals surface area contributed by atoms with Crippen LogP contribution in [0.3, 0.4) is 0 Å². The molecule has 0 aromatic heterocycles. The molecule has 1 N–H and O–H groups in total. The Balaban J connectivity index is 1.75. The molecule has 0 radical (unpaired) electrons. The van der Waals surface area contributed by atoms with E-state index in [0.29, 0.717) is 31.9 Å². The van der Waals surface area contributed by atoms with E-state index >= 15 is 0 Å². The van der Waals surface area contributed by atoms with Crippen molar-refractivity contribution in [1.29, 1.82) is 0 Å². The zero-order chi connectivity index (χ0) is 19.2. The SMILES string of the molecule is CC(C)[C@H](NC(=O)c1cccc(-c2ccccc2)c1)C(=O)N1CCOCC1. The number of amides is 2. The molecular formula is C22H26N2O3. The Morgan fingerprint density at radius 3 is 2.30 bits per heavy atom. The van der Waals surface area contributed by atoms with Crippen LogP contribution in [-0.4, -0.2) is 49.1 Å². The quantitative estimate of drug-likeness (QED) is 0.885.